The van der Waals surface area contributed by atoms with E-state index in [-0.39, 0.29) is 17.7 Å². The van der Waals surface area contributed by atoms with E-state index >= 15 is 0 Å². The average Bonchev–Trinajstić information content (AvgIpc) is 2.37. The molecule has 0 saturated carbocycles. The summed E-state index contributed by atoms with van der Waals surface area (Å²) in [6.07, 6.45) is -0.0147. The van der Waals surface area contributed by atoms with Gasteiger partial charge in [0.25, 0.3) is 0 Å². The van der Waals surface area contributed by atoms with Gasteiger partial charge >= 0.3 is 11.9 Å². The summed E-state index contributed by atoms with van der Waals surface area (Å²) in [5.41, 5.74) is 0.418. The number of carboxylic acids is 2. The SMILES string of the molecule is COc1ccc(C[C@@H](NC(C)=O)C(=O)O)cc1C(=O)O. The van der Waals surface area contributed by atoms with Gasteiger partial charge in [-0.1, -0.05) is 6.07 Å². The molecule has 1 atom stereocenters. The highest BCUT2D eigenvalue weighted by Gasteiger charge is 2.20. The normalized spacial score (nSPS) is 11.5. The molecule has 0 saturated heterocycles. The van der Waals surface area contributed by atoms with E-state index in [0.29, 0.717) is 5.56 Å². The summed E-state index contributed by atoms with van der Waals surface area (Å²) in [6.45, 7) is 1.21. The lowest BCUT2D eigenvalue weighted by Gasteiger charge is -2.14. The van der Waals surface area contributed by atoms with Gasteiger partial charge < -0.3 is 20.3 Å². The van der Waals surface area contributed by atoms with Crippen LogP contribution in [0.3, 0.4) is 0 Å². The summed E-state index contributed by atoms with van der Waals surface area (Å²) in [4.78, 5) is 33.0. The molecule has 1 aromatic rings. The average molecular weight is 281 g/mol. The Morgan fingerprint density at radius 3 is 2.40 bits per heavy atom. The lowest BCUT2D eigenvalue weighted by Crippen LogP contribution is -2.41. The number of ether oxygens (including phenoxy) is 1. The molecule has 0 heterocycles. The molecule has 7 nitrogen and oxygen atoms in total. The molecule has 7 heteroatoms. The Morgan fingerprint density at radius 1 is 1.30 bits per heavy atom. The number of carbonyl (C=O) groups excluding carboxylic acids is 1. The molecule has 0 radical (unpaired) electrons. The lowest BCUT2D eigenvalue weighted by molar-refractivity contribution is -0.141. The Hall–Kier alpha value is -2.57. The number of amides is 1. The second-order valence-electron chi connectivity index (χ2n) is 4.14. The molecule has 1 aromatic carbocycles. The Kier molecular flexibility index (Phi) is 5.08. The number of methoxy groups -OCH3 is 1. The first-order valence-corrected chi connectivity index (χ1v) is 5.75. The molecule has 3 N–H and O–H groups in total. The minimum absolute atomic E-state index is 0.0147. The van der Waals surface area contributed by atoms with E-state index < -0.39 is 23.9 Å². The number of carboxylic acid groups (broad SMARTS) is 2. The second-order valence-corrected chi connectivity index (χ2v) is 4.14. The topological polar surface area (TPSA) is 113 Å². The highest BCUT2D eigenvalue weighted by Crippen LogP contribution is 2.20. The Labute approximate surface area is 115 Å². The molecule has 0 unspecified atom stereocenters. The zero-order valence-corrected chi connectivity index (χ0v) is 11.0. The first-order valence-electron chi connectivity index (χ1n) is 5.75. The molecule has 108 valence electrons. The van der Waals surface area contributed by atoms with Crippen LogP contribution in [0.25, 0.3) is 0 Å². The summed E-state index contributed by atoms with van der Waals surface area (Å²) >= 11 is 0. The zero-order chi connectivity index (χ0) is 15.3. The number of benzene rings is 1. The molecular weight excluding hydrogens is 266 g/mol. The predicted octanol–water partition coefficient (Wildman–Crippen LogP) is 0.525. The maximum Gasteiger partial charge on any atom is 0.339 e. The van der Waals surface area contributed by atoms with Gasteiger partial charge in [-0.15, -0.1) is 0 Å². The van der Waals surface area contributed by atoms with Gasteiger partial charge in [0.2, 0.25) is 5.91 Å². The van der Waals surface area contributed by atoms with Crippen molar-refractivity contribution in [3.63, 3.8) is 0 Å². The van der Waals surface area contributed by atoms with Crippen molar-refractivity contribution >= 4 is 17.8 Å². The van der Waals surface area contributed by atoms with E-state index in [0.717, 1.165) is 0 Å². The molecule has 0 bridgehead atoms. The first kappa shape index (κ1) is 15.5. The van der Waals surface area contributed by atoms with E-state index in [2.05, 4.69) is 5.32 Å². The Bertz CT molecular complexity index is 540. The van der Waals surface area contributed by atoms with E-state index in [4.69, 9.17) is 14.9 Å². The highest BCUT2D eigenvalue weighted by molar-refractivity contribution is 5.91. The number of aliphatic carboxylic acids is 1. The molecule has 0 aliphatic heterocycles. The van der Waals surface area contributed by atoms with Crippen LogP contribution in [0, 0.1) is 0 Å². The Morgan fingerprint density at radius 2 is 1.95 bits per heavy atom. The van der Waals surface area contributed by atoms with E-state index in [9.17, 15) is 14.4 Å². The van der Waals surface area contributed by atoms with Crippen LogP contribution in [0.5, 0.6) is 5.75 Å². The van der Waals surface area contributed by atoms with Crippen LogP contribution in [-0.4, -0.2) is 41.2 Å². The third-order valence-electron chi connectivity index (χ3n) is 2.61. The fourth-order valence-electron chi connectivity index (χ4n) is 1.73. The van der Waals surface area contributed by atoms with Gasteiger partial charge in [-0.05, 0) is 17.7 Å². The Balaban J connectivity index is 3.01. The van der Waals surface area contributed by atoms with Gasteiger partial charge in [0.15, 0.2) is 0 Å². The van der Waals surface area contributed by atoms with Crippen LogP contribution < -0.4 is 10.1 Å². The van der Waals surface area contributed by atoms with E-state index in [1.165, 1.54) is 26.2 Å². The maximum absolute atomic E-state index is 11.1. The largest absolute Gasteiger partial charge is 0.496 e. The standard InChI is InChI=1S/C13H15NO6/c1-7(15)14-10(13(18)19)6-8-3-4-11(20-2)9(5-8)12(16)17/h3-5,10H,6H2,1-2H3,(H,14,15)(H,16,17)(H,18,19)/t10-/m1/s1. The third kappa shape index (κ3) is 3.98. The minimum atomic E-state index is -1.19. The maximum atomic E-state index is 11.1. The summed E-state index contributed by atoms with van der Waals surface area (Å²) in [5, 5.41) is 20.3. The van der Waals surface area contributed by atoms with Gasteiger partial charge in [0, 0.05) is 13.3 Å². The molecule has 0 fully saturated rings. The number of hydrogen-bond donors (Lipinski definition) is 3. The molecular formula is C13H15NO6. The van der Waals surface area contributed by atoms with Crippen LogP contribution in [0.4, 0.5) is 0 Å². The number of hydrogen-bond acceptors (Lipinski definition) is 4. The third-order valence-corrected chi connectivity index (χ3v) is 2.61. The number of rotatable bonds is 6. The van der Waals surface area contributed by atoms with Crippen molar-refractivity contribution in [2.75, 3.05) is 7.11 Å². The molecule has 0 aliphatic carbocycles. The molecule has 0 aromatic heterocycles. The van der Waals surface area contributed by atoms with Gasteiger partial charge in [-0.2, -0.15) is 0 Å². The minimum Gasteiger partial charge on any atom is -0.496 e. The fourth-order valence-corrected chi connectivity index (χ4v) is 1.73. The highest BCUT2D eigenvalue weighted by atomic mass is 16.5. The van der Waals surface area contributed by atoms with Crippen molar-refractivity contribution < 1.29 is 29.3 Å². The summed E-state index contributed by atoms with van der Waals surface area (Å²) in [5.74, 6) is -2.64. The van der Waals surface area contributed by atoms with Crippen molar-refractivity contribution in [3.05, 3.63) is 29.3 Å². The number of aromatic carboxylic acids is 1. The van der Waals surface area contributed by atoms with Crippen molar-refractivity contribution in [2.45, 2.75) is 19.4 Å². The molecule has 0 spiro atoms. The second kappa shape index (κ2) is 6.55. The van der Waals surface area contributed by atoms with Crippen LogP contribution in [0.2, 0.25) is 0 Å². The van der Waals surface area contributed by atoms with Crippen LogP contribution in [0.15, 0.2) is 18.2 Å². The zero-order valence-electron chi connectivity index (χ0n) is 11.0. The predicted molar refractivity (Wildman–Crippen MR) is 68.9 cm³/mol. The smallest absolute Gasteiger partial charge is 0.339 e. The van der Waals surface area contributed by atoms with Crippen molar-refractivity contribution in [1.29, 1.82) is 0 Å². The quantitative estimate of drug-likeness (QED) is 0.701. The van der Waals surface area contributed by atoms with Gasteiger partial charge in [-0.25, -0.2) is 9.59 Å². The van der Waals surface area contributed by atoms with Gasteiger partial charge in [0.05, 0.1) is 7.11 Å². The van der Waals surface area contributed by atoms with Crippen molar-refractivity contribution in [2.24, 2.45) is 0 Å². The van der Waals surface area contributed by atoms with Crippen molar-refractivity contribution in [1.82, 2.24) is 5.32 Å². The van der Waals surface area contributed by atoms with Crippen LogP contribution >= 0.6 is 0 Å². The summed E-state index contributed by atoms with van der Waals surface area (Å²) in [7, 11) is 1.35. The van der Waals surface area contributed by atoms with Gasteiger partial charge in [0.1, 0.15) is 17.4 Å². The number of carbonyl (C=O) groups is 3. The van der Waals surface area contributed by atoms with Crippen molar-refractivity contribution in [3.8, 4) is 5.75 Å². The summed E-state index contributed by atoms with van der Waals surface area (Å²) < 4.78 is 4.91. The fraction of sp³-hybridized carbons (Fsp3) is 0.308. The molecule has 1 rings (SSSR count). The monoisotopic (exact) mass is 281 g/mol. The molecule has 1 amide bonds. The first-order chi connectivity index (χ1) is 9.35. The van der Waals surface area contributed by atoms with E-state index in [1.54, 1.807) is 6.07 Å². The molecule has 0 aliphatic rings. The van der Waals surface area contributed by atoms with E-state index in [1.807, 2.05) is 0 Å². The lowest BCUT2D eigenvalue weighted by atomic mass is 10.0. The molecule has 20 heavy (non-hydrogen) atoms. The summed E-state index contributed by atoms with van der Waals surface area (Å²) in [6, 6.07) is 3.23. The van der Waals surface area contributed by atoms with Crippen LogP contribution in [-0.2, 0) is 16.0 Å². The number of nitrogens with one attached hydrogen (secondary N) is 1. The van der Waals surface area contributed by atoms with Crippen LogP contribution in [0.1, 0.15) is 22.8 Å². The van der Waals surface area contributed by atoms with Gasteiger partial charge in [-0.3, -0.25) is 4.79 Å².